The van der Waals surface area contributed by atoms with Gasteiger partial charge in [0.25, 0.3) is 10.0 Å². The second-order valence-corrected chi connectivity index (χ2v) is 10.2. The van der Waals surface area contributed by atoms with Gasteiger partial charge in [-0.3, -0.25) is 4.79 Å². The van der Waals surface area contributed by atoms with Crippen LogP contribution in [-0.2, 0) is 17.1 Å². The number of carbonyl (C=O) groups excluding carboxylic acids is 1. The number of imidazole rings is 1. The SMILES string of the molecule is Cn1cnc(S(=O)(=O)N2C[C@H](C(=O)c3cc(Cl)cc(Cl)c3)[C@@H](c3ccc(F)cc3)C2)c1. The van der Waals surface area contributed by atoms with Crippen LogP contribution in [0.4, 0.5) is 4.39 Å². The number of Topliss-reactive ketones (excluding diaryl/α,β-unsaturated/α-hetero) is 1. The molecule has 1 aliphatic rings. The first kappa shape index (κ1) is 22.0. The molecule has 0 radical (unpaired) electrons. The minimum atomic E-state index is -3.91. The number of aryl methyl sites for hydroxylation is 1. The van der Waals surface area contributed by atoms with Crippen molar-refractivity contribution in [3.8, 4) is 0 Å². The molecular formula is C21H18Cl2FN3O3S. The quantitative estimate of drug-likeness (QED) is 0.513. The minimum absolute atomic E-state index is 0.0378. The Labute approximate surface area is 189 Å². The Morgan fingerprint density at radius 2 is 1.74 bits per heavy atom. The van der Waals surface area contributed by atoms with Crippen LogP contribution >= 0.6 is 23.2 Å². The van der Waals surface area contributed by atoms with E-state index in [2.05, 4.69) is 4.98 Å². The number of halogens is 3. The van der Waals surface area contributed by atoms with E-state index in [9.17, 15) is 17.6 Å². The first-order chi connectivity index (χ1) is 14.6. The molecule has 10 heteroatoms. The monoisotopic (exact) mass is 481 g/mol. The van der Waals surface area contributed by atoms with Crippen molar-refractivity contribution >= 4 is 39.0 Å². The van der Waals surface area contributed by atoms with E-state index in [1.165, 1.54) is 51.7 Å². The van der Waals surface area contributed by atoms with Gasteiger partial charge >= 0.3 is 0 Å². The van der Waals surface area contributed by atoms with Crippen molar-refractivity contribution in [1.29, 1.82) is 0 Å². The molecule has 162 valence electrons. The third kappa shape index (κ3) is 4.39. The van der Waals surface area contributed by atoms with Crippen molar-refractivity contribution in [2.24, 2.45) is 13.0 Å². The number of hydrogen-bond donors (Lipinski definition) is 0. The van der Waals surface area contributed by atoms with E-state index in [-0.39, 0.29) is 23.9 Å². The molecule has 0 aliphatic carbocycles. The van der Waals surface area contributed by atoms with Gasteiger partial charge in [-0.1, -0.05) is 35.3 Å². The second kappa shape index (κ2) is 8.35. The van der Waals surface area contributed by atoms with E-state index in [1.807, 2.05) is 0 Å². The van der Waals surface area contributed by atoms with Crippen molar-refractivity contribution in [3.05, 3.63) is 82.0 Å². The molecule has 1 fully saturated rings. The molecule has 3 aromatic rings. The zero-order valence-corrected chi connectivity index (χ0v) is 18.7. The van der Waals surface area contributed by atoms with E-state index >= 15 is 0 Å². The summed E-state index contributed by atoms with van der Waals surface area (Å²) >= 11 is 12.1. The maximum Gasteiger partial charge on any atom is 0.262 e. The predicted octanol–water partition coefficient (Wildman–Crippen LogP) is 4.15. The van der Waals surface area contributed by atoms with Crippen LogP contribution in [0.5, 0.6) is 0 Å². The Morgan fingerprint density at radius 3 is 2.32 bits per heavy atom. The van der Waals surface area contributed by atoms with Crippen LogP contribution in [0.25, 0.3) is 0 Å². The minimum Gasteiger partial charge on any atom is -0.339 e. The summed E-state index contributed by atoms with van der Waals surface area (Å²) in [4.78, 5) is 17.3. The smallest absolute Gasteiger partial charge is 0.262 e. The highest BCUT2D eigenvalue weighted by atomic mass is 35.5. The van der Waals surface area contributed by atoms with Crippen LogP contribution in [0, 0.1) is 11.7 Å². The predicted molar refractivity (Wildman–Crippen MR) is 115 cm³/mol. The lowest BCUT2D eigenvalue weighted by Gasteiger charge is -2.18. The van der Waals surface area contributed by atoms with Gasteiger partial charge in [0.1, 0.15) is 5.82 Å². The summed E-state index contributed by atoms with van der Waals surface area (Å²) in [5, 5.41) is 0.530. The maximum absolute atomic E-state index is 13.5. The van der Waals surface area contributed by atoms with Gasteiger partial charge in [-0.2, -0.15) is 4.31 Å². The first-order valence-corrected chi connectivity index (χ1v) is 11.6. The molecule has 1 aromatic heterocycles. The van der Waals surface area contributed by atoms with E-state index < -0.39 is 27.7 Å². The van der Waals surface area contributed by atoms with Crippen LogP contribution in [-0.4, -0.2) is 41.1 Å². The van der Waals surface area contributed by atoms with Crippen LogP contribution in [0.2, 0.25) is 10.0 Å². The summed E-state index contributed by atoms with van der Waals surface area (Å²) in [6.07, 6.45) is 2.81. The molecule has 1 saturated heterocycles. The fourth-order valence-electron chi connectivity index (χ4n) is 3.84. The molecule has 0 amide bonds. The fourth-order valence-corrected chi connectivity index (χ4v) is 5.83. The van der Waals surface area contributed by atoms with E-state index in [4.69, 9.17) is 23.2 Å². The maximum atomic E-state index is 13.5. The number of carbonyl (C=O) groups is 1. The van der Waals surface area contributed by atoms with E-state index in [0.717, 1.165) is 0 Å². The molecule has 0 spiro atoms. The van der Waals surface area contributed by atoms with Gasteiger partial charge in [0.05, 0.1) is 6.33 Å². The third-order valence-corrected chi connectivity index (χ3v) is 7.51. The van der Waals surface area contributed by atoms with Gasteiger partial charge in [-0.15, -0.1) is 0 Å². The number of nitrogens with zero attached hydrogens (tertiary/aromatic N) is 3. The molecular weight excluding hydrogens is 464 g/mol. The van der Waals surface area contributed by atoms with Gasteiger partial charge in [0, 0.05) is 53.8 Å². The number of rotatable bonds is 5. The van der Waals surface area contributed by atoms with Crippen LogP contribution < -0.4 is 0 Å². The Hall–Kier alpha value is -2.26. The van der Waals surface area contributed by atoms with Crippen molar-refractivity contribution in [3.63, 3.8) is 0 Å². The van der Waals surface area contributed by atoms with E-state index in [1.54, 1.807) is 19.2 Å². The third-order valence-electron chi connectivity index (χ3n) is 5.35. The molecule has 0 saturated carbocycles. The normalized spacial score (nSPS) is 19.6. The summed E-state index contributed by atoms with van der Waals surface area (Å²) in [5.74, 6) is -1.86. The molecule has 2 heterocycles. The zero-order chi connectivity index (χ0) is 22.3. The van der Waals surface area contributed by atoms with Crippen molar-refractivity contribution < 1.29 is 17.6 Å². The van der Waals surface area contributed by atoms with Gasteiger partial charge in [0.15, 0.2) is 10.8 Å². The number of hydrogen-bond acceptors (Lipinski definition) is 4. The molecule has 0 unspecified atom stereocenters. The van der Waals surface area contributed by atoms with Gasteiger partial charge in [-0.05, 0) is 35.9 Å². The number of aromatic nitrogens is 2. The summed E-state index contributed by atoms with van der Waals surface area (Å²) in [5.41, 5.74) is 0.971. The lowest BCUT2D eigenvalue weighted by Crippen LogP contribution is -2.30. The average Bonchev–Trinajstić information content (AvgIpc) is 3.35. The van der Waals surface area contributed by atoms with Crippen molar-refractivity contribution in [1.82, 2.24) is 13.9 Å². The Kier molecular flexibility index (Phi) is 5.91. The van der Waals surface area contributed by atoms with Crippen molar-refractivity contribution in [2.45, 2.75) is 10.9 Å². The molecule has 31 heavy (non-hydrogen) atoms. The topological polar surface area (TPSA) is 72.3 Å². The molecule has 1 aliphatic heterocycles. The highest BCUT2D eigenvalue weighted by Crippen LogP contribution is 2.38. The Balaban J connectivity index is 1.73. The summed E-state index contributed by atoms with van der Waals surface area (Å²) in [6, 6.07) is 10.3. The highest BCUT2D eigenvalue weighted by Gasteiger charge is 2.44. The highest BCUT2D eigenvalue weighted by molar-refractivity contribution is 7.89. The van der Waals surface area contributed by atoms with Gasteiger partial charge in [0.2, 0.25) is 0 Å². The average molecular weight is 482 g/mol. The zero-order valence-electron chi connectivity index (χ0n) is 16.4. The van der Waals surface area contributed by atoms with Crippen LogP contribution in [0.15, 0.2) is 60.0 Å². The Bertz CT molecular complexity index is 1220. The lowest BCUT2D eigenvalue weighted by molar-refractivity contribution is 0.0918. The number of benzene rings is 2. The van der Waals surface area contributed by atoms with Crippen molar-refractivity contribution in [2.75, 3.05) is 13.1 Å². The molecule has 2 atom stereocenters. The second-order valence-electron chi connectivity index (χ2n) is 7.49. The summed E-state index contributed by atoms with van der Waals surface area (Å²) in [7, 11) is -2.24. The summed E-state index contributed by atoms with van der Waals surface area (Å²) < 4.78 is 42.5. The first-order valence-electron chi connectivity index (χ1n) is 9.39. The molecule has 0 bridgehead atoms. The van der Waals surface area contributed by atoms with Crippen LogP contribution in [0.3, 0.4) is 0 Å². The van der Waals surface area contributed by atoms with Gasteiger partial charge in [-0.25, -0.2) is 17.8 Å². The summed E-state index contributed by atoms with van der Waals surface area (Å²) in [6.45, 7) is 0.0269. The van der Waals surface area contributed by atoms with Crippen LogP contribution in [0.1, 0.15) is 21.8 Å². The molecule has 2 aromatic carbocycles. The standard InChI is InChI=1S/C21H18Cl2FN3O3S/c1-26-11-20(25-12-26)31(29,30)27-9-18(13-2-4-17(24)5-3-13)19(10-27)21(28)14-6-15(22)8-16(23)7-14/h2-8,11-12,18-19H,9-10H2,1H3/t18-,19+/m1/s1. The number of sulfonamides is 1. The molecule has 4 rings (SSSR count). The number of ketones is 1. The largest absolute Gasteiger partial charge is 0.339 e. The molecule has 6 nitrogen and oxygen atoms in total. The molecule has 0 N–H and O–H groups in total. The Morgan fingerprint density at radius 1 is 1.10 bits per heavy atom. The fraction of sp³-hybridized carbons (Fsp3) is 0.238. The van der Waals surface area contributed by atoms with E-state index in [0.29, 0.717) is 21.2 Å². The lowest BCUT2D eigenvalue weighted by atomic mass is 9.84. The van der Waals surface area contributed by atoms with Gasteiger partial charge < -0.3 is 4.57 Å².